The molecule has 0 aliphatic carbocycles. The Morgan fingerprint density at radius 2 is 2.06 bits per heavy atom. The minimum absolute atomic E-state index is 0.242. The van der Waals surface area contributed by atoms with Gasteiger partial charge in [0.15, 0.2) is 0 Å². The SMILES string of the molecule is Cc1nc(C(C)NCc2ccccc2Cl)c(C)s1. The summed E-state index contributed by atoms with van der Waals surface area (Å²) in [6.45, 7) is 7.06. The summed E-state index contributed by atoms with van der Waals surface area (Å²) in [5, 5.41) is 5.40. The number of aromatic nitrogens is 1. The van der Waals surface area contributed by atoms with Gasteiger partial charge in [-0.25, -0.2) is 4.98 Å². The van der Waals surface area contributed by atoms with E-state index in [1.807, 2.05) is 31.2 Å². The van der Waals surface area contributed by atoms with Gasteiger partial charge in [0.1, 0.15) is 0 Å². The molecule has 0 saturated heterocycles. The number of nitrogens with one attached hydrogen (secondary N) is 1. The first kappa shape index (κ1) is 13.5. The molecule has 1 aromatic heterocycles. The summed E-state index contributed by atoms with van der Waals surface area (Å²) < 4.78 is 0. The van der Waals surface area contributed by atoms with Crippen LogP contribution in [0.3, 0.4) is 0 Å². The molecule has 0 fully saturated rings. The lowest BCUT2D eigenvalue weighted by Crippen LogP contribution is -2.19. The number of halogens is 1. The molecule has 0 saturated carbocycles. The normalized spacial score (nSPS) is 12.7. The molecule has 4 heteroatoms. The number of rotatable bonds is 4. The van der Waals surface area contributed by atoms with Gasteiger partial charge in [-0.2, -0.15) is 0 Å². The standard InChI is InChI=1S/C14H17ClN2S/c1-9(14-10(2)18-11(3)17-14)16-8-12-6-4-5-7-13(12)15/h4-7,9,16H,8H2,1-3H3. The monoisotopic (exact) mass is 280 g/mol. The molecule has 2 aromatic rings. The average Bonchev–Trinajstić information content (AvgIpc) is 2.67. The zero-order valence-corrected chi connectivity index (χ0v) is 12.4. The Morgan fingerprint density at radius 3 is 2.67 bits per heavy atom. The van der Waals surface area contributed by atoms with Crippen molar-refractivity contribution in [1.29, 1.82) is 0 Å². The van der Waals surface area contributed by atoms with Crippen molar-refractivity contribution in [3.8, 4) is 0 Å². The molecule has 96 valence electrons. The molecule has 0 radical (unpaired) electrons. The number of thiazole rings is 1. The molecule has 0 aliphatic heterocycles. The van der Waals surface area contributed by atoms with Crippen molar-refractivity contribution in [3.63, 3.8) is 0 Å². The Labute approximate surface area is 117 Å². The summed E-state index contributed by atoms with van der Waals surface area (Å²) in [7, 11) is 0. The molecule has 18 heavy (non-hydrogen) atoms. The Bertz CT molecular complexity index is 536. The zero-order chi connectivity index (χ0) is 13.1. The van der Waals surface area contributed by atoms with Crippen molar-refractivity contribution in [2.75, 3.05) is 0 Å². The van der Waals surface area contributed by atoms with E-state index in [1.165, 1.54) is 4.88 Å². The number of nitrogens with zero attached hydrogens (tertiary/aromatic N) is 1. The molecule has 0 spiro atoms. The van der Waals surface area contributed by atoms with Crippen molar-refractivity contribution in [1.82, 2.24) is 10.3 Å². The molecule has 2 nitrogen and oxygen atoms in total. The van der Waals surface area contributed by atoms with Crippen LogP contribution in [0.1, 0.15) is 34.1 Å². The van der Waals surface area contributed by atoms with Crippen molar-refractivity contribution in [2.45, 2.75) is 33.4 Å². The second kappa shape index (κ2) is 5.83. The highest BCUT2D eigenvalue weighted by atomic mass is 35.5. The first-order valence-corrected chi connectivity index (χ1v) is 7.18. The van der Waals surface area contributed by atoms with Crippen LogP contribution in [-0.4, -0.2) is 4.98 Å². The van der Waals surface area contributed by atoms with Crippen LogP contribution in [0.2, 0.25) is 5.02 Å². The van der Waals surface area contributed by atoms with E-state index in [0.29, 0.717) is 0 Å². The lowest BCUT2D eigenvalue weighted by molar-refractivity contribution is 0.561. The molecular formula is C14H17ClN2S. The predicted octanol–water partition coefficient (Wildman–Crippen LogP) is 4.26. The molecule has 1 N–H and O–H groups in total. The number of benzene rings is 1. The Balaban J connectivity index is 2.03. The lowest BCUT2D eigenvalue weighted by Gasteiger charge is -2.13. The Hall–Kier alpha value is -0.900. The van der Waals surface area contributed by atoms with E-state index in [0.717, 1.165) is 27.8 Å². The molecule has 2 rings (SSSR count). The van der Waals surface area contributed by atoms with E-state index >= 15 is 0 Å². The van der Waals surface area contributed by atoms with Gasteiger partial charge in [-0.15, -0.1) is 11.3 Å². The van der Waals surface area contributed by atoms with Gasteiger partial charge in [-0.1, -0.05) is 29.8 Å². The summed E-state index contributed by atoms with van der Waals surface area (Å²) in [4.78, 5) is 5.85. The third kappa shape index (κ3) is 3.10. The smallest absolute Gasteiger partial charge is 0.0900 e. The molecule has 0 bridgehead atoms. The van der Waals surface area contributed by atoms with Crippen LogP contribution < -0.4 is 5.32 Å². The summed E-state index contributed by atoms with van der Waals surface area (Å²) in [6, 6.07) is 8.16. The van der Waals surface area contributed by atoms with Crippen molar-refractivity contribution < 1.29 is 0 Å². The van der Waals surface area contributed by atoms with E-state index in [-0.39, 0.29) is 6.04 Å². The molecule has 1 aromatic carbocycles. The first-order valence-electron chi connectivity index (χ1n) is 5.98. The maximum Gasteiger partial charge on any atom is 0.0900 e. The lowest BCUT2D eigenvalue weighted by atomic mass is 10.2. The third-order valence-electron chi connectivity index (χ3n) is 2.91. The van der Waals surface area contributed by atoms with Crippen molar-refractivity contribution in [3.05, 3.63) is 50.4 Å². The van der Waals surface area contributed by atoms with Crippen LogP contribution in [0.25, 0.3) is 0 Å². The van der Waals surface area contributed by atoms with Gasteiger partial charge in [0.05, 0.1) is 10.7 Å². The minimum Gasteiger partial charge on any atom is -0.305 e. The van der Waals surface area contributed by atoms with Gasteiger partial charge in [0.2, 0.25) is 0 Å². The highest BCUT2D eigenvalue weighted by Crippen LogP contribution is 2.23. The summed E-state index contributed by atoms with van der Waals surface area (Å²) in [6.07, 6.45) is 0. The van der Waals surface area contributed by atoms with Crippen LogP contribution in [-0.2, 0) is 6.54 Å². The minimum atomic E-state index is 0.242. The van der Waals surface area contributed by atoms with Crippen LogP contribution in [0, 0.1) is 13.8 Å². The van der Waals surface area contributed by atoms with E-state index < -0.39 is 0 Å². The summed E-state index contributed by atoms with van der Waals surface area (Å²) in [5.74, 6) is 0. The van der Waals surface area contributed by atoms with Gasteiger partial charge in [0, 0.05) is 22.5 Å². The summed E-state index contributed by atoms with van der Waals surface area (Å²) >= 11 is 7.88. The van der Waals surface area contributed by atoms with Gasteiger partial charge >= 0.3 is 0 Å². The van der Waals surface area contributed by atoms with E-state index in [2.05, 4.69) is 24.1 Å². The van der Waals surface area contributed by atoms with Gasteiger partial charge in [0.25, 0.3) is 0 Å². The summed E-state index contributed by atoms with van der Waals surface area (Å²) in [5.41, 5.74) is 2.26. The maximum absolute atomic E-state index is 6.14. The Kier molecular flexibility index (Phi) is 4.38. The number of hydrogen-bond donors (Lipinski definition) is 1. The maximum atomic E-state index is 6.14. The van der Waals surface area contributed by atoms with Crippen LogP contribution in [0.4, 0.5) is 0 Å². The molecule has 0 aliphatic rings. The molecular weight excluding hydrogens is 264 g/mol. The second-order valence-corrected chi connectivity index (χ2v) is 6.18. The fraction of sp³-hybridized carbons (Fsp3) is 0.357. The van der Waals surface area contributed by atoms with Crippen LogP contribution in [0.5, 0.6) is 0 Å². The first-order chi connectivity index (χ1) is 8.58. The highest BCUT2D eigenvalue weighted by molar-refractivity contribution is 7.11. The number of aryl methyl sites for hydroxylation is 2. The Morgan fingerprint density at radius 1 is 1.33 bits per heavy atom. The average molecular weight is 281 g/mol. The second-order valence-electron chi connectivity index (χ2n) is 4.37. The van der Waals surface area contributed by atoms with E-state index in [4.69, 9.17) is 11.6 Å². The molecule has 1 unspecified atom stereocenters. The quantitative estimate of drug-likeness (QED) is 0.905. The fourth-order valence-corrected chi connectivity index (χ4v) is 3.06. The molecule has 1 heterocycles. The molecule has 1 atom stereocenters. The fourth-order valence-electron chi connectivity index (χ4n) is 1.95. The van der Waals surface area contributed by atoms with E-state index in [9.17, 15) is 0 Å². The van der Waals surface area contributed by atoms with Gasteiger partial charge in [-0.3, -0.25) is 0 Å². The zero-order valence-electron chi connectivity index (χ0n) is 10.8. The topological polar surface area (TPSA) is 24.9 Å². The van der Waals surface area contributed by atoms with Crippen LogP contribution in [0.15, 0.2) is 24.3 Å². The highest BCUT2D eigenvalue weighted by Gasteiger charge is 2.12. The van der Waals surface area contributed by atoms with Gasteiger partial charge < -0.3 is 5.32 Å². The van der Waals surface area contributed by atoms with Crippen LogP contribution >= 0.6 is 22.9 Å². The van der Waals surface area contributed by atoms with E-state index in [1.54, 1.807) is 11.3 Å². The van der Waals surface area contributed by atoms with Gasteiger partial charge in [-0.05, 0) is 32.4 Å². The largest absolute Gasteiger partial charge is 0.305 e. The predicted molar refractivity (Wildman–Crippen MR) is 78.3 cm³/mol. The third-order valence-corrected chi connectivity index (χ3v) is 4.18. The van der Waals surface area contributed by atoms with Crippen molar-refractivity contribution >= 4 is 22.9 Å². The number of hydrogen-bond acceptors (Lipinski definition) is 3. The van der Waals surface area contributed by atoms with Crippen molar-refractivity contribution in [2.24, 2.45) is 0 Å². The molecule has 0 amide bonds.